The maximum absolute atomic E-state index is 10.9. The fourth-order valence-electron chi connectivity index (χ4n) is 0.779. The zero-order valence-corrected chi connectivity index (χ0v) is 7.12. The molecule has 0 aliphatic carbocycles. The minimum Gasteiger partial charge on any atom is -0.479 e. The smallest absolute Gasteiger partial charge is 0.332 e. The van der Waals surface area contributed by atoms with E-state index in [1.807, 2.05) is 6.92 Å². The van der Waals surface area contributed by atoms with Gasteiger partial charge in [-0.1, -0.05) is 13.3 Å². The molecule has 0 aromatic carbocycles. The van der Waals surface area contributed by atoms with Crippen LogP contribution >= 0.6 is 0 Å². The molecule has 0 aliphatic rings. The molecule has 0 heterocycles. The summed E-state index contributed by atoms with van der Waals surface area (Å²) in [6, 6.07) is 0. The molecule has 0 aliphatic heterocycles. The van der Waals surface area contributed by atoms with E-state index in [1.165, 1.54) is 0 Å². The van der Waals surface area contributed by atoms with Gasteiger partial charge in [0.2, 0.25) is 0 Å². The zero-order chi connectivity index (χ0) is 9.56. The number of unbranched alkanes of at least 4 members (excludes halogenated alkanes) is 1. The van der Waals surface area contributed by atoms with E-state index in [4.69, 9.17) is 10.2 Å². The lowest BCUT2D eigenvalue weighted by molar-refractivity contribution is -0.148. The van der Waals surface area contributed by atoms with E-state index >= 15 is 0 Å². The number of Topliss-reactive ketones (excluding diaryl/α,β-unsaturated/α-hetero) is 1. The van der Waals surface area contributed by atoms with Gasteiger partial charge in [0.15, 0.2) is 6.10 Å². The maximum Gasteiger partial charge on any atom is 0.332 e. The molecular formula is C8H14O4. The lowest BCUT2D eigenvalue weighted by atomic mass is 10.1. The Kier molecular flexibility index (Phi) is 5.28. The Bertz CT molecular complexity index is 164. The number of hydrogen-bond donors (Lipinski definition) is 2. The summed E-state index contributed by atoms with van der Waals surface area (Å²) in [5, 5.41) is 17.0. The molecule has 0 rings (SSSR count). The number of carboxylic acids is 1. The van der Waals surface area contributed by atoms with Crippen molar-refractivity contribution in [1.82, 2.24) is 0 Å². The molecule has 70 valence electrons. The summed E-state index contributed by atoms with van der Waals surface area (Å²) >= 11 is 0. The summed E-state index contributed by atoms with van der Waals surface area (Å²) < 4.78 is 0. The molecule has 0 fully saturated rings. The first-order valence-electron chi connectivity index (χ1n) is 4.00. The maximum atomic E-state index is 10.9. The van der Waals surface area contributed by atoms with E-state index in [0.29, 0.717) is 6.42 Å². The van der Waals surface area contributed by atoms with Gasteiger partial charge in [-0.05, 0) is 6.42 Å². The van der Waals surface area contributed by atoms with E-state index in [0.717, 1.165) is 12.8 Å². The first kappa shape index (κ1) is 11.1. The van der Waals surface area contributed by atoms with Gasteiger partial charge in [-0.2, -0.15) is 0 Å². The van der Waals surface area contributed by atoms with Gasteiger partial charge in [-0.3, -0.25) is 4.79 Å². The fourth-order valence-corrected chi connectivity index (χ4v) is 0.779. The highest BCUT2D eigenvalue weighted by Gasteiger charge is 2.16. The van der Waals surface area contributed by atoms with Crippen molar-refractivity contribution in [1.29, 1.82) is 0 Å². The van der Waals surface area contributed by atoms with Gasteiger partial charge in [0.25, 0.3) is 0 Å². The van der Waals surface area contributed by atoms with Crippen LogP contribution in [0.1, 0.15) is 32.6 Å². The number of carbonyl (C=O) groups is 2. The van der Waals surface area contributed by atoms with Crippen LogP contribution in [0.3, 0.4) is 0 Å². The second kappa shape index (κ2) is 5.71. The van der Waals surface area contributed by atoms with Crippen LogP contribution < -0.4 is 0 Å². The highest BCUT2D eigenvalue weighted by molar-refractivity contribution is 5.84. The van der Waals surface area contributed by atoms with Crippen molar-refractivity contribution in [2.24, 2.45) is 0 Å². The van der Waals surface area contributed by atoms with E-state index in [2.05, 4.69) is 0 Å². The molecule has 12 heavy (non-hydrogen) atoms. The number of carboxylic acid groups (broad SMARTS) is 1. The number of aliphatic hydroxyl groups excluding tert-OH is 1. The van der Waals surface area contributed by atoms with Gasteiger partial charge in [-0.25, -0.2) is 4.79 Å². The Morgan fingerprint density at radius 3 is 2.42 bits per heavy atom. The normalized spacial score (nSPS) is 12.5. The van der Waals surface area contributed by atoms with Crippen molar-refractivity contribution in [3.8, 4) is 0 Å². The quantitative estimate of drug-likeness (QED) is 0.617. The SMILES string of the molecule is CCCCC(=O)CC(O)C(=O)O. The number of hydrogen-bond acceptors (Lipinski definition) is 3. The summed E-state index contributed by atoms with van der Waals surface area (Å²) in [6.45, 7) is 1.95. The van der Waals surface area contributed by atoms with Gasteiger partial charge in [0, 0.05) is 12.8 Å². The largest absolute Gasteiger partial charge is 0.479 e. The second-order valence-electron chi connectivity index (χ2n) is 2.70. The molecule has 0 bridgehead atoms. The first-order valence-corrected chi connectivity index (χ1v) is 4.00. The molecule has 0 saturated heterocycles. The first-order chi connectivity index (χ1) is 5.57. The van der Waals surface area contributed by atoms with Gasteiger partial charge in [0.05, 0.1) is 0 Å². The number of aliphatic carboxylic acids is 1. The molecule has 0 aromatic heterocycles. The summed E-state index contributed by atoms with van der Waals surface area (Å²) in [5.74, 6) is -1.52. The topological polar surface area (TPSA) is 74.6 Å². The molecule has 4 nitrogen and oxygen atoms in total. The average molecular weight is 174 g/mol. The number of carbonyl (C=O) groups excluding carboxylic acids is 1. The summed E-state index contributed by atoms with van der Waals surface area (Å²) in [5.41, 5.74) is 0. The minimum atomic E-state index is -1.53. The number of aliphatic hydroxyl groups is 1. The van der Waals surface area contributed by atoms with Crippen LogP contribution in [-0.4, -0.2) is 28.1 Å². The summed E-state index contributed by atoms with van der Waals surface area (Å²) in [6.07, 6.45) is 0.213. The Labute approximate surface area is 71.2 Å². The summed E-state index contributed by atoms with van der Waals surface area (Å²) in [4.78, 5) is 21.0. The van der Waals surface area contributed by atoms with Gasteiger partial charge >= 0.3 is 5.97 Å². The Hall–Kier alpha value is -0.900. The van der Waals surface area contributed by atoms with E-state index in [-0.39, 0.29) is 12.2 Å². The van der Waals surface area contributed by atoms with Crippen molar-refractivity contribution in [2.45, 2.75) is 38.7 Å². The highest BCUT2D eigenvalue weighted by Crippen LogP contribution is 2.01. The van der Waals surface area contributed by atoms with E-state index in [1.54, 1.807) is 0 Å². The molecule has 0 amide bonds. The summed E-state index contributed by atoms with van der Waals surface area (Å²) in [7, 11) is 0. The third kappa shape index (κ3) is 4.85. The van der Waals surface area contributed by atoms with Crippen molar-refractivity contribution < 1.29 is 19.8 Å². The molecule has 4 heteroatoms. The molecule has 1 unspecified atom stereocenters. The molecule has 1 atom stereocenters. The molecule has 0 aromatic rings. The molecule has 0 spiro atoms. The van der Waals surface area contributed by atoms with Crippen LogP contribution in [0.5, 0.6) is 0 Å². The zero-order valence-electron chi connectivity index (χ0n) is 7.12. The Morgan fingerprint density at radius 2 is 2.00 bits per heavy atom. The van der Waals surface area contributed by atoms with Gasteiger partial charge in [-0.15, -0.1) is 0 Å². The van der Waals surface area contributed by atoms with E-state index in [9.17, 15) is 9.59 Å². The van der Waals surface area contributed by atoms with Crippen LogP contribution in [0.15, 0.2) is 0 Å². The molecular weight excluding hydrogens is 160 g/mol. The molecule has 0 saturated carbocycles. The lowest BCUT2D eigenvalue weighted by Crippen LogP contribution is -2.22. The monoisotopic (exact) mass is 174 g/mol. The highest BCUT2D eigenvalue weighted by atomic mass is 16.4. The van der Waals surface area contributed by atoms with Gasteiger partial charge in [0.1, 0.15) is 5.78 Å². The van der Waals surface area contributed by atoms with E-state index < -0.39 is 12.1 Å². The third-order valence-corrected chi connectivity index (χ3v) is 1.52. The van der Waals surface area contributed by atoms with Crippen molar-refractivity contribution >= 4 is 11.8 Å². The van der Waals surface area contributed by atoms with Crippen LogP contribution in [0, 0.1) is 0 Å². The fraction of sp³-hybridized carbons (Fsp3) is 0.750. The van der Waals surface area contributed by atoms with Gasteiger partial charge < -0.3 is 10.2 Å². The minimum absolute atomic E-state index is 0.188. The van der Waals surface area contributed by atoms with Crippen molar-refractivity contribution in [2.75, 3.05) is 0 Å². The Morgan fingerprint density at radius 1 is 1.42 bits per heavy atom. The predicted molar refractivity (Wildman–Crippen MR) is 42.8 cm³/mol. The molecule has 2 N–H and O–H groups in total. The molecule has 0 radical (unpaired) electrons. The standard InChI is InChI=1S/C8H14O4/c1-2-3-4-6(9)5-7(10)8(11)12/h7,10H,2-5H2,1H3,(H,11,12). The lowest BCUT2D eigenvalue weighted by Gasteiger charge is -2.02. The number of ketones is 1. The van der Waals surface area contributed by atoms with Crippen LogP contribution in [-0.2, 0) is 9.59 Å². The van der Waals surface area contributed by atoms with Crippen molar-refractivity contribution in [3.05, 3.63) is 0 Å². The van der Waals surface area contributed by atoms with Crippen LogP contribution in [0.4, 0.5) is 0 Å². The Balaban J connectivity index is 3.61. The van der Waals surface area contributed by atoms with Crippen LogP contribution in [0.25, 0.3) is 0 Å². The predicted octanol–water partition coefficient (Wildman–Crippen LogP) is 0.581. The van der Waals surface area contributed by atoms with Crippen molar-refractivity contribution in [3.63, 3.8) is 0 Å². The average Bonchev–Trinajstić information content (AvgIpc) is 2.00. The van der Waals surface area contributed by atoms with Crippen LogP contribution in [0.2, 0.25) is 0 Å². The number of rotatable bonds is 6. The second-order valence-corrected chi connectivity index (χ2v) is 2.70. The third-order valence-electron chi connectivity index (χ3n) is 1.52.